The maximum Gasteiger partial charge on any atom is 0.273 e. The Morgan fingerprint density at radius 1 is 1.23 bits per heavy atom. The van der Waals surface area contributed by atoms with Crippen molar-refractivity contribution in [2.24, 2.45) is 0 Å². The summed E-state index contributed by atoms with van der Waals surface area (Å²) in [5, 5.41) is 9.10. The number of nitrogen functional groups attached to an aromatic ring is 2. The lowest BCUT2D eigenvalue weighted by Gasteiger charge is -2.32. The van der Waals surface area contributed by atoms with Crippen molar-refractivity contribution in [2.75, 3.05) is 55.8 Å². The normalized spacial score (nSPS) is 18.4. The molecule has 2 fully saturated rings. The SMILES string of the molecule is Nc1nc(N)c(C(=O)NCC(I)N(C[C@@H]2CCCO2)c2cccc(OCC(=O)NC3CCNCC3)c2)nc1Cl. The van der Waals surface area contributed by atoms with Crippen LogP contribution in [0.4, 0.5) is 17.3 Å². The monoisotopic (exact) mass is 672 g/mol. The molecule has 39 heavy (non-hydrogen) atoms. The minimum atomic E-state index is -0.502. The van der Waals surface area contributed by atoms with Crippen LogP contribution in [0.3, 0.4) is 0 Å². The molecule has 1 aromatic heterocycles. The molecule has 2 saturated heterocycles. The highest BCUT2D eigenvalue weighted by Crippen LogP contribution is 2.27. The van der Waals surface area contributed by atoms with E-state index < -0.39 is 5.91 Å². The largest absolute Gasteiger partial charge is 0.484 e. The highest BCUT2D eigenvalue weighted by Gasteiger charge is 2.25. The molecular formula is C25H34ClIN8O4. The van der Waals surface area contributed by atoms with Gasteiger partial charge in [0.2, 0.25) is 0 Å². The van der Waals surface area contributed by atoms with E-state index in [1.54, 1.807) is 0 Å². The molecule has 212 valence electrons. The molecule has 2 amide bonds. The van der Waals surface area contributed by atoms with E-state index in [1.165, 1.54) is 0 Å². The molecule has 4 rings (SSSR count). The fraction of sp³-hybridized carbons (Fsp3) is 0.520. The Bertz CT molecular complexity index is 1150. The van der Waals surface area contributed by atoms with E-state index in [0.29, 0.717) is 12.3 Å². The summed E-state index contributed by atoms with van der Waals surface area (Å²) in [4.78, 5) is 35.2. The van der Waals surface area contributed by atoms with Crippen LogP contribution in [0.1, 0.15) is 36.2 Å². The van der Waals surface area contributed by atoms with Gasteiger partial charge in [-0.3, -0.25) is 9.59 Å². The van der Waals surface area contributed by atoms with E-state index in [4.69, 9.17) is 32.5 Å². The summed E-state index contributed by atoms with van der Waals surface area (Å²) in [5.74, 6) is -0.186. The Hall–Kier alpha value is -2.62. The Balaban J connectivity index is 1.40. The van der Waals surface area contributed by atoms with Crippen LogP contribution in [0.25, 0.3) is 0 Å². The van der Waals surface area contributed by atoms with E-state index >= 15 is 0 Å². The number of nitrogens with one attached hydrogen (secondary N) is 3. The highest BCUT2D eigenvalue weighted by atomic mass is 127. The number of carbonyl (C=O) groups excluding carboxylic acids is 2. The first-order chi connectivity index (χ1) is 18.8. The lowest BCUT2D eigenvalue weighted by atomic mass is 10.1. The molecule has 1 unspecified atom stereocenters. The van der Waals surface area contributed by atoms with Crippen molar-refractivity contribution >= 4 is 63.3 Å². The molecule has 2 aliphatic heterocycles. The van der Waals surface area contributed by atoms with Gasteiger partial charge in [-0.1, -0.05) is 40.3 Å². The fourth-order valence-corrected chi connectivity index (χ4v) is 5.40. The van der Waals surface area contributed by atoms with Crippen LogP contribution in [-0.4, -0.2) is 77.4 Å². The lowest BCUT2D eigenvalue weighted by molar-refractivity contribution is -0.123. The Morgan fingerprint density at radius 2 is 2.03 bits per heavy atom. The van der Waals surface area contributed by atoms with Crippen LogP contribution in [-0.2, 0) is 9.53 Å². The number of alkyl halides is 1. The summed E-state index contributed by atoms with van der Waals surface area (Å²) >= 11 is 8.20. The van der Waals surface area contributed by atoms with Gasteiger partial charge in [0, 0.05) is 37.5 Å². The molecule has 0 saturated carbocycles. The van der Waals surface area contributed by atoms with Gasteiger partial charge in [0.1, 0.15) is 5.75 Å². The molecule has 0 bridgehead atoms. The van der Waals surface area contributed by atoms with Crippen molar-refractivity contribution in [3.63, 3.8) is 0 Å². The van der Waals surface area contributed by atoms with Crippen LogP contribution < -0.4 is 37.1 Å². The number of halogens is 2. The Kier molecular flexibility index (Phi) is 10.6. The Labute approximate surface area is 246 Å². The average Bonchev–Trinajstić information content (AvgIpc) is 3.45. The number of carbonyl (C=O) groups is 2. The smallest absolute Gasteiger partial charge is 0.273 e. The number of ether oxygens (including phenoxy) is 2. The van der Waals surface area contributed by atoms with Crippen molar-refractivity contribution in [3.8, 4) is 5.75 Å². The summed E-state index contributed by atoms with van der Waals surface area (Å²) in [5.41, 5.74) is 12.2. The molecule has 1 aromatic carbocycles. The van der Waals surface area contributed by atoms with Gasteiger partial charge in [0.25, 0.3) is 11.8 Å². The van der Waals surface area contributed by atoms with Crippen molar-refractivity contribution in [2.45, 2.75) is 41.9 Å². The fourth-order valence-electron chi connectivity index (χ4n) is 4.51. The molecule has 7 N–H and O–H groups in total. The van der Waals surface area contributed by atoms with E-state index in [-0.39, 0.29) is 57.7 Å². The van der Waals surface area contributed by atoms with Gasteiger partial charge in [-0.15, -0.1) is 0 Å². The third-order valence-corrected chi connectivity index (χ3v) is 7.93. The molecule has 2 atom stereocenters. The van der Waals surface area contributed by atoms with Gasteiger partial charge in [-0.25, -0.2) is 9.97 Å². The lowest BCUT2D eigenvalue weighted by Crippen LogP contribution is -2.44. The summed E-state index contributed by atoms with van der Waals surface area (Å²) in [7, 11) is 0. The zero-order valence-electron chi connectivity index (χ0n) is 21.5. The molecule has 2 aromatic rings. The third kappa shape index (κ3) is 8.43. The van der Waals surface area contributed by atoms with Crippen LogP contribution in [0.5, 0.6) is 5.75 Å². The van der Waals surface area contributed by atoms with Crippen LogP contribution in [0.2, 0.25) is 5.15 Å². The quantitative estimate of drug-likeness (QED) is 0.135. The van der Waals surface area contributed by atoms with Crippen LogP contribution in [0, 0.1) is 0 Å². The molecular weight excluding hydrogens is 639 g/mol. The number of amides is 2. The molecule has 0 radical (unpaired) electrons. The predicted octanol–water partition coefficient (Wildman–Crippen LogP) is 1.72. The molecule has 3 heterocycles. The van der Waals surface area contributed by atoms with Crippen molar-refractivity contribution in [1.29, 1.82) is 0 Å². The van der Waals surface area contributed by atoms with Gasteiger partial charge in [-0.05, 0) is 50.9 Å². The number of nitrogens with zero attached hydrogens (tertiary/aromatic N) is 3. The number of nitrogens with two attached hydrogens (primary N) is 2. The summed E-state index contributed by atoms with van der Waals surface area (Å²) in [6, 6.07) is 7.74. The van der Waals surface area contributed by atoms with E-state index in [2.05, 4.69) is 53.4 Å². The van der Waals surface area contributed by atoms with E-state index in [1.807, 2.05) is 24.3 Å². The van der Waals surface area contributed by atoms with Gasteiger partial charge in [0.15, 0.2) is 29.1 Å². The van der Waals surface area contributed by atoms with Crippen molar-refractivity contribution in [1.82, 2.24) is 25.9 Å². The standard InChI is InChI=1S/C25H34ClIN8O4/c26-22-24(29)34-23(28)21(33-22)25(37)31-12-19(27)35(13-18-5-2-10-38-18)16-3-1-4-17(11-16)39-14-20(36)32-15-6-8-30-9-7-15/h1,3-4,11,15,18-19,30H,2,5-10,12-14H2,(H,31,37)(H,32,36)(H4,28,29,34)/t18-,19?/m0/s1. The average molecular weight is 673 g/mol. The second-order valence-electron chi connectivity index (χ2n) is 9.44. The Morgan fingerprint density at radius 3 is 2.77 bits per heavy atom. The van der Waals surface area contributed by atoms with Crippen molar-refractivity contribution in [3.05, 3.63) is 35.1 Å². The van der Waals surface area contributed by atoms with Crippen LogP contribution in [0.15, 0.2) is 24.3 Å². The number of hydrogen-bond donors (Lipinski definition) is 5. The predicted molar refractivity (Wildman–Crippen MR) is 158 cm³/mol. The first-order valence-corrected chi connectivity index (χ1v) is 14.5. The number of benzene rings is 1. The minimum Gasteiger partial charge on any atom is -0.484 e. The van der Waals surface area contributed by atoms with E-state index in [9.17, 15) is 9.59 Å². The van der Waals surface area contributed by atoms with Crippen molar-refractivity contribution < 1.29 is 19.1 Å². The first-order valence-electron chi connectivity index (χ1n) is 12.9. The zero-order valence-corrected chi connectivity index (χ0v) is 24.4. The number of aromatic nitrogens is 2. The van der Waals surface area contributed by atoms with Crippen LogP contribution >= 0.6 is 34.2 Å². The topological polar surface area (TPSA) is 170 Å². The zero-order chi connectivity index (χ0) is 27.8. The highest BCUT2D eigenvalue weighted by molar-refractivity contribution is 14.1. The molecule has 12 nitrogen and oxygen atoms in total. The van der Waals surface area contributed by atoms with Gasteiger partial charge >= 0.3 is 0 Å². The number of rotatable bonds is 11. The van der Waals surface area contributed by atoms with E-state index in [0.717, 1.165) is 51.1 Å². The first kappa shape index (κ1) is 29.4. The summed E-state index contributed by atoms with van der Waals surface area (Å²) < 4.78 is 11.6. The van der Waals surface area contributed by atoms with Gasteiger partial charge in [0.05, 0.1) is 10.2 Å². The summed E-state index contributed by atoms with van der Waals surface area (Å²) in [6.07, 6.45) is 3.85. The number of anilines is 3. The number of hydrogen-bond acceptors (Lipinski definition) is 10. The molecule has 0 spiro atoms. The second-order valence-corrected chi connectivity index (χ2v) is 11.2. The summed E-state index contributed by atoms with van der Waals surface area (Å²) in [6.45, 7) is 3.38. The second kappa shape index (κ2) is 14.1. The van der Waals surface area contributed by atoms with Gasteiger partial charge in [-0.2, -0.15) is 0 Å². The minimum absolute atomic E-state index is 0.0360. The van der Waals surface area contributed by atoms with Gasteiger partial charge < -0.3 is 41.8 Å². The third-order valence-electron chi connectivity index (χ3n) is 6.54. The number of piperidine rings is 1. The maximum absolute atomic E-state index is 12.8. The maximum atomic E-state index is 12.8. The molecule has 2 aliphatic rings. The molecule has 14 heteroatoms. The molecule has 0 aliphatic carbocycles.